The zero-order chi connectivity index (χ0) is 15.2. The van der Waals surface area contributed by atoms with Crippen molar-refractivity contribution in [2.45, 2.75) is 64.1 Å². The maximum Gasteiger partial charge on any atom is 0.330 e. The summed E-state index contributed by atoms with van der Waals surface area (Å²) in [6.45, 7) is 5.99. The van der Waals surface area contributed by atoms with E-state index in [2.05, 4.69) is 26.4 Å². The lowest BCUT2D eigenvalue weighted by Crippen LogP contribution is -2.56. The number of hydrogen-bond donors (Lipinski definition) is 4. The first kappa shape index (κ1) is 16.6. The number of urea groups is 1. The molecule has 0 radical (unpaired) electrons. The van der Waals surface area contributed by atoms with Gasteiger partial charge in [0.25, 0.3) is 0 Å². The number of amides is 2. The average molecular weight is 300 g/mol. The second-order valence-corrected chi connectivity index (χ2v) is 6.44. The second-order valence-electron chi connectivity index (χ2n) is 6.03. The lowest BCUT2D eigenvalue weighted by Gasteiger charge is -2.35. The van der Waals surface area contributed by atoms with E-state index in [-0.39, 0.29) is 5.54 Å². The van der Waals surface area contributed by atoms with Gasteiger partial charge in [0, 0.05) is 0 Å². The van der Waals surface area contributed by atoms with E-state index in [0.717, 1.165) is 25.7 Å². The summed E-state index contributed by atoms with van der Waals surface area (Å²) in [6, 6.07) is -0.692. The molecule has 7 nitrogen and oxygen atoms in total. The minimum Gasteiger partial charge on any atom is -0.350 e. The van der Waals surface area contributed by atoms with Crippen LogP contribution in [0.3, 0.4) is 0 Å². The molecule has 1 saturated carbocycles. The molecule has 1 aliphatic carbocycles. The van der Waals surface area contributed by atoms with Gasteiger partial charge in [0.15, 0.2) is 10.8 Å². The molecule has 0 bridgehead atoms. The van der Waals surface area contributed by atoms with Gasteiger partial charge >= 0.3 is 6.03 Å². The van der Waals surface area contributed by atoms with E-state index in [1.807, 2.05) is 20.8 Å². The molecule has 20 heavy (non-hydrogen) atoms. The summed E-state index contributed by atoms with van der Waals surface area (Å²) < 4.78 is 0. The molecule has 0 unspecified atom stereocenters. The van der Waals surface area contributed by atoms with Gasteiger partial charge in [-0.1, -0.05) is 6.42 Å². The van der Waals surface area contributed by atoms with Crippen molar-refractivity contribution in [2.24, 2.45) is 16.0 Å². The molecule has 0 saturated heterocycles. The Balaban J connectivity index is 2.71. The second kappa shape index (κ2) is 6.83. The zero-order valence-corrected chi connectivity index (χ0v) is 13.1. The first-order chi connectivity index (χ1) is 9.22. The molecule has 0 aromatic carbocycles. The molecular weight excluding hydrogens is 276 g/mol. The fourth-order valence-corrected chi connectivity index (χ4v) is 2.23. The summed E-state index contributed by atoms with van der Waals surface area (Å²) in [6.07, 6.45) is 5.06. The highest BCUT2D eigenvalue weighted by molar-refractivity contribution is 7.80. The number of nitrogens with two attached hydrogens (primary N) is 1. The Morgan fingerprint density at radius 3 is 2.30 bits per heavy atom. The molecular formula is C12H24N6OS. The van der Waals surface area contributed by atoms with Crippen LogP contribution >= 0.6 is 12.2 Å². The van der Waals surface area contributed by atoms with Crippen molar-refractivity contribution < 1.29 is 4.79 Å². The van der Waals surface area contributed by atoms with Crippen LogP contribution in [0.5, 0.6) is 0 Å². The number of hydrazine groups is 1. The Kier molecular flexibility index (Phi) is 5.67. The first-order valence-corrected chi connectivity index (χ1v) is 7.21. The predicted molar refractivity (Wildman–Crippen MR) is 82.0 cm³/mol. The van der Waals surface area contributed by atoms with Crippen LogP contribution in [0, 0.1) is 0 Å². The Morgan fingerprint density at radius 1 is 1.20 bits per heavy atom. The van der Waals surface area contributed by atoms with Gasteiger partial charge in [0.05, 0.1) is 5.54 Å². The summed E-state index contributed by atoms with van der Waals surface area (Å²) in [5, 5.41) is 12.3. The number of azo groups is 1. The zero-order valence-electron chi connectivity index (χ0n) is 12.3. The summed E-state index contributed by atoms with van der Waals surface area (Å²) in [7, 11) is 0. The van der Waals surface area contributed by atoms with Crippen LogP contribution in [0.4, 0.5) is 4.79 Å². The minimum absolute atomic E-state index is 0.230. The summed E-state index contributed by atoms with van der Waals surface area (Å²) >= 11 is 5.14. The normalized spacial score (nSPS) is 18.6. The summed E-state index contributed by atoms with van der Waals surface area (Å²) in [5.74, 6) is 0. The monoisotopic (exact) mass is 300 g/mol. The largest absolute Gasteiger partial charge is 0.350 e. The molecule has 2 amide bonds. The third kappa shape index (κ3) is 6.14. The van der Waals surface area contributed by atoms with Crippen molar-refractivity contribution in [3.63, 3.8) is 0 Å². The van der Waals surface area contributed by atoms with E-state index < -0.39 is 11.7 Å². The number of nitrogens with zero attached hydrogens (tertiary/aromatic N) is 2. The summed E-state index contributed by atoms with van der Waals surface area (Å²) in [5.41, 5.74) is 9.04. The number of nitrogens with one attached hydrogen (secondary N) is 3. The number of carbonyl (C=O) groups is 1. The summed E-state index contributed by atoms with van der Waals surface area (Å²) in [4.78, 5) is 10.7. The molecule has 0 aliphatic heterocycles. The van der Waals surface area contributed by atoms with Crippen molar-refractivity contribution in [3.8, 4) is 0 Å². The Morgan fingerprint density at radius 2 is 1.80 bits per heavy atom. The van der Waals surface area contributed by atoms with E-state index in [0.29, 0.717) is 5.11 Å². The van der Waals surface area contributed by atoms with E-state index >= 15 is 0 Å². The number of primary amides is 1. The molecule has 0 heterocycles. The van der Waals surface area contributed by atoms with Crippen LogP contribution in [0.15, 0.2) is 10.2 Å². The fourth-order valence-electron chi connectivity index (χ4n) is 1.99. The molecule has 1 rings (SSSR count). The quantitative estimate of drug-likeness (QED) is 0.355. The van der Waals surface area contributed by atoms with Gasteiger partial charge in [0.2, 0.25) is 0 Å². The fraction of sp³-hybridized carbons (Fsp3) is 0.833. The van der Waals surface area contributed by atoms with Gasteiger partial charge in [-0.05, 0) is 58.7 Å². The smallest absolute Gasteiger partial charge is 0.330 e. The third-order valence-electron chi connectivity index (χ3n) is 2.87. The molecule has 1 fully saturated rings. The highest BCUT2D eigenvalue weighted by Crippen LogP contribution is 2.30. The maximum atomic E-state index is 10.7. The van der Waals surface area contributed by atoms with Crippen LogP contribution in [0.1, 0.15) is 52.9 Å². The maximum absolute atomic E-state index is 10.7. The van der Waals surface area contributed by atoms with Gasteiger partial charge in [-0.3, -0.25) is 5.43 Å². The SMILES string of the molecule is CC(C)(C)N=NC1(NC(=S)NNC(N)=O)CCCCC1. The van der Waals surface area contributed by atoms with Crippen LogP contribution < -0.4 is 21.9 Å². The lowest BCUT2D eigenvalue weighted by molar-refractivity contribution is 0.244. The van der Waals surface area contributed by atoms with E-state index in [4.69, 9.17) is 18.0 Å². The molecule has 0 spiro atoms. The first-order valence-electron chi connectivity index (χ1n) is 6.80. The van der Waals surface area contributed by atoms with Crippen molar-refractivity contribution in [2.75, 3.05) is 0 Å². The lowest BCUT2D eigenvalue weighted by atomic mass is 9.90. The molecule has 0 aromatic rings. The molecule has 0 atom stereocenters. The third-order valence-corrected chi connectivity index (χ3v) is 3.07. The highest BCUT2D eigenvalue weighted by Gasteiger charge is 2.33. The predicted octanol–water partition coefficient (Wildman–Crippen LogP) is 1.94. The molecule has 5 N–H and O–H groups in total. The van der Waals surface area contributed by atoms with E-state index in [1.54, 1.807) is 0 Å². The van der Waals surface area contributed by atoms with Crippen molar-refractivity contribution >= 4 is 23.4 Å². The molecule has 0 aromatic heterocycles. The van der Waals surface area contributed by atoms with Crippen LogP contribution in [-0.4, -0.2) is 22.3 Å². The average Bonchev–Trinajstić information content (AvgIpc) is 2.34. The van der Waals surface area contributed by atoms with Crippen LogP contribution in [-0.2, 0) is 0 Å². The van der Waals surface area contributed by atoms with Gasteiger partial charge in [-0.2, -0.15) is 10.2 Å². The van der Waals surface area contributed by atoms with Crippen molar-refractivity contribution in [1.29, 1.82) is 0 Å². The topological polar surface area (TPSA) is 104 Å². The van der Waals surface area contributed by atoms with E-state index in [1.165, 1.54) is 6.42 Å². The Hall–Kier alpha value is -1.44. The minimum atomic E-state index is -0.692. The van der Waals surface area contributed by atoms with Crippen molar-refractivity contribution in [3.05, 3.63) is 0 Å². The number of rotatable bonds is 2. The molecule has 114 valence electrons. The van der Waals surface area contributed by atoms with Crippen LogP contribution in [0.25, 0.3) is 0 Å². The number of carbonyl (C=O) groups excluding carboxylic acids is 1. The van der Waals surface area contributed by atoms with Gasteiger partial charge in [0.1, 0.15) is 0 Å². The Labute approximate surface area is 125 Å². The molecule has 8 heteroatoms. The van der Waals surface area contributed by atoms with Crippen LogP contribution in [0.2, 0.25) is 0 Å². The standard InChI is InChI=1S/C12H24N6OS/c1-11(2,3)17-18-12(7-5-4-6-8-12)14-10(20)16-15-9(13)19/h4-8H2,1-3H3,(H3,13,15,19)(H2,14,16,20). The Bertz CT molecular complexity index is 384. The van der Waals surface area contributed by atoms with Crippen molar-refractivity contribution in [1.82, 2.24) is 16.2 Å². The molecule has 1 aliphatic rings. The van der Waals surface area contributed by atoms with E-state index in [9.17, 15) is 4.79 Å². The highest BCUT2D eigenvalue weighted by atomic mass is 32.1. The van der Waals surface area contributed by atoms with Gasteiger partial charge < -0.3 is 11.1 Å². The van der Waals surface area contributed by atoms with Gasteiger partial charge in [-0.25, -0.2) is 10.2 Å². The number of hydrogen-bond acceptors (Lipinski definition) is 4. The number of thiocarbonyl (C=S) groups is 1. The van der Waals surface area contributed by atoms with Gasteiger partial charge in [-0.15, -0.1) is 0 Å².